The van der Waals surface area contributed by atoms with Gasteiger partial charge >= 0.3 is 6.18 Å². The molecule has 0 aliphatic carbocycles. The Hall–Kier alpha value is -2.07. The van der Waals surface area contributed by atoms with Crippen molar-refractivity contribution in [2.45, 2.75) is 12.6 Å². The number of benzene rings is 1. The van der Waals surface area contributed by atoms with E-state index >= 15 is 0 Å². The highest BCUT2D eigenvalue weighted by Gasteiger charge is 2.26. The molecule has 0 heterocycles. The second-order valence-electron chi connectivity index (χ2n) is 3.78. The summed E-state index contributed by atoms with van der Waals surface area (Å²) >= 11 is 0. The van der Waals surface area contributed by atoms with Crippen molar-refractivity contribution in [3.05, 3.63) is 35.1 Å². The summed E-state index contributed by atoms with van der Waals surface area (Å²) in [6, 6.07) is 3.44. The molecular weight excluding hydrogens is 278 g/mol. The van der Waals surface area contributed by atoms with Gasteiger partial charge in [0, 0.05) is 12.1 Å². The number of aliphatic hydroxyl groups excluding tert-OH is 1. The molecule has 108 valence electrons. The predicted molar refractivity (Wildman–Crippen MR) is 63.4 cm³/mol. The molecule has 1 aromatic rings. The molecule has 3 nitrogen and oxygen atoms in total. The third kappa shape index (κ3) is 5.28. The predicted octanol–water partition coefficient (Wildman–Crippen LogP) is 1.85. The fraction of sp³-hybridized carbons (Fsp3) is 0.308. The summed E-state index contributed by atoms with van der Waals surface area (Å²) in [7, 11) is 0. The van der Waals surface area contributed by atoms with Crippen molar-refractivity contribution in [3.63, 3.8) is 0 Å². The normalized spacial score (nSPS) is 10.7. The first kappa shape index (κ1) is 16.0. The highest BCUT2D eigenvalue weighted by atomic mass is 19.4. The van der Waals surface area contributed by atoms with E-state index in [4.69, 9.17) is 5.11 Å². The Morgan fingerprint density at radius 1 is 1.35 bits per heavy atom. The summed E-state index contributed by atoms with van der Waals surface area (Å²) < 4.78 is 49.3. The minimum atomic E-state index is -4.38. The first-order valence-corrected chi connectivity index (χ1v) is 5.57. The summed E-state index contributed by atoms with van der Waals surface area (Å²) in [5.74, 6) is 2.94. The molecule has 2 N–H and O–H groups in total. The van der Waals surface area contributed by atoms with Crippen LogP contribution in [0.5, 0.6) is 0 Å². The largest absolute Gasteiger partial charge is 0.390 e. The number of carbonyl (C=O) groups excluding carboxylic acids is 1. The highest BCUT2D eigenvalue weighted by molar-refractivity contribution is 5.94. The van der Waals surface area contributed by atoms with Gasteiger partial charge in [-0.1, -0.05) is 11.8 Å². The van der Waals surface area contributed by atoms with Crippen LogP contribution in [0.1, 0.15) is 22.3 Å². The molecule has 0 spiro atoms. The highest BCUT2D eigenvalue weighted by Crippen LogP contribution is 2.18. The van der Waals surface area contributed by atoms with Crippen molar-refractivity contribution in [1.29, 1.82) is 0 Å². The lowest BCUT2D eigenvalue weighted by Crippen LogP contribution is -2.28. The van der Waals surface area contributed by atoms with Crippen molar-refractivity contribution >= 4 is 5.91 Å². The van der Waals surface area contributed by atoms with Gasteiger partial charge in [0.1, 0.15) is 12.4 Å². The zero-order chi connectivity index (χ0) is 15.2. The molecule has 0 saturated carbocycles. The number of amides is 1. The van der Waals surface area contributed by atoms with Gasteiger partial charge in [0.2, 0.25) is 0 Å². The zero-order valence-corrected chi connectivity index (χ0v) is 10.2. The lowest BCUT2D eigenvalue weighted by atomic mass is 10.1. The van der Waals surface area contributed by atoms with Crippen molar-refractivity contribution in [2.24, 2.45) is 0 Å². The maximum atomic E-state index is 13.6. The maximum Gasteiger partial charge on any atom is 0.390 e. The van der Waals surface area contributed by atoms with Crippen molar-refractivity contribution in [2.75, 3.05) is 13.2 Å². The molecule has 0 atom stereocenters. The molecular formula is C13H11F4NO2. The van der Waals surface area contributed by atoms with Crippen LogP contribution >= 0.6 is 0 Å². The van der Waals surface area contributed by atoms with Gasteiger partial charge in [-0.25, -0.2) is 4.39 Å². The molecule has 0 radical (unpaired) electrons. The van der Waals surface area contributed by atoms with E-state index in [1.807, 2.05) is 5.32 Å². The van der Waals surface area contributed by atoms with E-state index in [1.165, 1.54) is 6.07 Å². The molecule has 7 heteroatoms. The van der Waals surface area contributed by atoms with E-state index in [0.717, 1.165) is 12.1 Å². The summed E-state index contributed by atoms with van der Waals surface area (Å²) in [5, 5.41) is 10.5. The number of aliphatic hydroxyl groups is 1. The number of hydrogen-bond acceptors (Lipinski definition) is 2. The number of alkyl halides is 3. The van der Waals surface area contributed by atoms with Crippen LogP contribution in [-0.2, 0) is 0 Å². The van der Waals surface area contributed by atoms with E-state index in [-0.39, 0.29) is 17.7 Å². The molecule has 1 rings (SSSR count). The van der Waals surface area contributed by atoms with E-state index in [2.05, 4.69) is 11.8 Å². The summed E-state index contributed by atoms with van der Waals surface area (Å²) in [4.78, 5) is 11.5. The molecule has 0 aliphatic heterocycles. The van der Waals surface area contributed by atoms with Crippen molar-refractivity contribution in [3.8, 4) is 11.8 Å². The Bertz CT molecular complexity index is 544. The number of nitrogens with one attached hydrogen (secondary N) is 1. The Kier molecular flexibility index (Phi) is 5.53. The van der Waals surface area contributed by atoms with Gasteiger partial charge < -0.3 is 10.4 Å². The summed E-state index contributed by atoms with van der Waals surface area (Å²) in [5.41, 5.74) is -0.106. The van der Waals surface area contributed by atoms with Gasteiger partial charge in [0.25, 0.3) is 5.91 Å². The SMILES string of the molecule is O=C(NCCC(F)(F)F)c1ccc(C#CCO)cc1F. The van der Waals surface area contributed by atoms with Gasteiger partial charge in [0.05, 0.1) is 12.0 Å². The van der Waals surface area contributed by atoms with Crippen molar-refractivity contribution < 1.29 is 27.5 Å². The molecule has 1 amide bonds. The Labute approximate surface area is 112 Å². The Balaban J connectivity index is 2.69. The van der Waals surface area contributed by atoms with Crippen LogP contribution in [0.15, 0.2) is 18.2 Å². The second kappa shape index (κ2) is 6.91. The number of halogens is 4. The lowest BCUT2D eigenvalue weighted by Gasteiger charge is -2.08. The first-order chi connectivity index (χ1) is 9.33. The van der Waals surface area contributed by atoms with Crippen LogP contribution in [0.25, 0.3) is 0 Å². The van der Waals surface area contributed by atoms with Gasteiger partial charge in [-0.2, -0.15) is 13.2 Å². The second-order valence-corrected chi connectivity index (χ2v) is 3.78. The average molecular weight is 289 g/mol. The van der Waals surface area contributed by atoms with E-state index in [1.54, 1.807) is 0 Å². The van der Waals surface area contributed by atoms with Crippen LogP contribution in [-0.4, -0.2) is 30.3 Å². The lowest BCUT2D eigenvalue weighted by molar-refractivity contribution is -0.132. The van der Waals surface area contributed by atoms with Crippen LogP contribution < -0.4 is 5.32 Å². The van der Waals surface area contributed by atoms with E-state index < -0.39 is 30.9 Å². The van der Waals surface area contributed by atoms with Gasteiger partial charge in [-0.15, -0.1) is 0 Å². The van der Waals surface area contributed by atoms with Crippen LogP contribution in [0.2, 0.25) is 0 Å². The monoisotopic (exact) mass is 289 g/mol. The standard InChI is InChI=1S/C13H11F4NO2/c14-11-8-9(2-1-7-19)3-4-10(11)12(20)18-6-5-13(15,16)17/h3-4,8,19H,5-7H2,(H,18,20). The number of carbonyl (C=O) groups is 1. The smallest absolute Gasteiger partial charge is 0.384 e. The maximum absolute atomic E-state index is 13.6. The Morgan fingerprint density at radius 2 is 2.05 bits per heavy atom. The molecule has 1 aromatic carbocycles. The van der Waals surface area contributed by atoms with Crippen LogP contribution in [0.4, 0.5) is 17.6 Å². The minimum Gasteiger partial charge on any atom is -0.384 e. The minimum absolute atomic E-state index is 0.253. The van der Waals surface area contributed by atoms with Crippen LogP contribution in [0, 0.1) is 17.7 Å². The first-order valence-electron chi connectivity index (χ1n) is 5.57. The third-order valence-electron chi connectivity index (χ3n) is 2.22. The molecule has 0 unspecified atom stereocenters. The topological polar surface area (TPSA) is 49.3 Å². The van der Waals surface area contributed by atoms with Crippen molar-refractivity contribution in [1.82, 2.24) is 5.32 Å². The summed E-state index contributed by atoms with van der Waals surface area (Å²) in [6.07, 6.45) is -5.56. The number of rotatable bonds is 3. The Morgan fingerprint density at radius 3 is 2.60 bits per heavy atom. The fourth-order valence-electron chi connectivity index (χ4n) is 1.33. The molecule has 0 bridgehead atoms. The number of hydrogen-bond donors (Lipinski definition) is 2. The van der Waals surface area contributed by atoms with Gasteiger partial charge in [-0.05, 0) is 18.2 Å². The fourth-order valence-corrected chi connectivity index (χ4v) is 1.33. The molecule has 0 fully saturated rings. The molecule has 20 heavy (non-hydrogen) atoms. The molecule has 0 aromatic heterocycles. The zero-order valence-electron chi connectivity index (χ0n) is 10.2. The van der Waals surface area contributed by atoms with Crippen LogP contribution in [0.3, 0.4) is 0 Å². The third-order valence-corrected chi connectivity index (χ3v) is 2.22. The quantitative estimate of drug-likeness (QED) is 0.659. The van der Waals surface area contributed by atoms with Gasteiger partial charge in [0.15, 0.2) is 0 Å². The average Bonchev–Trinajstić information content (AvgIpc) is 2.34. The van der Waals surface area contributed by atoms with Gasteiger partial charge in [-0.3, -0.25) is 4.79 Å². The molecule has 0 saturated heterocycles. The van der Waals surface area contributed by atoms with E-state index in [0.29, 0.717) is 0 Å². The van der Waals surface area contributed by atoms with E-state index in [9.17, 15) is 22.4 Å². The summed E-state index contributed by atoms with van der Waals surface area (Å²) in [6.45, 7) is -1.00. The molecule has 0 aliphatic rings.